The van der Waals surface area contributed by atoms with Gasteiger partial charge in [0.15, 0.2) is 10.9 Å². The molecule has 2 aromatic rings. The minimum absolute atomic E-state index is 0.277. The maximum atomic E-state index is 11.8. The van der Waals surface area contributed by atoms with Gasteiger partial charge in [-0.1, -0.05) is 6.92 Å². The zero-order valence-electron chi connectivity index (χ0n) is 10.7. The average molecular weight is 260 g/mol. The van der Waals surface area contributed by atoms with Crippen molar-refractivity contribution >= 4 is 17.1 Å². The molecule has 2 aromatic heterocycles. The van der Waals surface area contributed by atoms with Crippen LogP contribution in [0.25, 0.3) is 5.13 Å². The summed E-state index contributed by atoms with van der Waals surface area (Å²) in [6, 6.07) is 1.94. The minimum Gasteiger partial charge on any atom is -0.296 e. The normalized spacial score (nSPS) is 14.9. The predicted molar refractivity (Wildman–Crippen MR) is 72.8 cm³/mol. The van der Waals surface area contributed by atoms with Crippen molar-refractivity contribution in [3.05, 3.63) is 34.1 Å². The van der Waals surface area contributed by atoms with Crippen molar-refractivity contribution in [2.75, 3.05) is 0 Å². The number of carbonyl (C=O) groups excluding carboxylic acids is 1. The Morgan fingerprint density at radius 3 is 3.00 bits per heavy atom. The highest BCUT2D eigenvalue weighted by Crippen LogP contribution is 2.28. The zero-order valence-corrected chi connectivity index (χ0v) is 11.5. The second-order valence-corrected chi connectivity index (χ2v) is 5.86. The fourth-order valence-corrected chi connectivity index (χ4v) is 3.56. The number of fused-ring (bicyclic) bond motifs is 1. The van der Waals surface area contributed by atoms with Crippen molar-refractivity contribution in [2.24, 2.45) is 0 Å². The van der Waals surface area contributed by atoms with E-state index >= 15 is 0 Å². The first-order valence-electron chi connectivity index (χ1n) is 6.40. The zero-order chi connectivity index (χ0) is 12.7. The molecule has 0 atom stereocenters. The van der Waals surface area contributed by atoms with Gasteiger partial charge in [0.05, 0.1) is 5.69 Å². The van der Waals surface area contributed by atoms with Crippen LogP contribution in [0.2, 0.25) is 0 Å². The third-order valence-electron chi connectivity index (χ3n) is 3.53. The van der Waals surface area contributed by atoms with Gasteiger partial charge in [0.25, 0.3) is 0 Å². The van der Waals surface area contributed by atoms with Crippen molar-refractivity contribution < 1.29 is 4.79 Å². The van der Waals surface area contributed by atoms with Gasteiger partial charge in [-0.2, -0.15) is 0 Å². The molecule has 0 aromatic carbocycles. The molecule has 1 aliphatic carbocycles. The summed E-state index contributed by atoms with van der Waals surface area (Å²) < 4.78 is 2.10. The lowest BCUT2D eigenvalue weighted by molar-refractivity contribution is 0.0972. The summed E-state index contributed by atoms with van der Waals surface area (Å²) in [6.45, 7) is 4.24. The van der Waals surface area contributed by atoms with E-state index in [4.69, 9.17) is 0 Å². The van der Waals surface area contributed by atoms with E-state index in [1.165, 1.54) is 10.6 Å². The number of rotatable bonds is 2. The van der Waals surface area contributed by atoms with Gasteiger partial charge in [0.2, 0.25) is 0 Å². The van der Waals surface area contributed by atoms with Crippen LogP contribution < -0.4 is 0 Å². The molecule has 0 amide bonds. The lowest BCUT2D eigenvalue weighted by Crippen LogP contribution is -2.12. The summed E-state index contributed by atoms with van der Waals surface area (Å²) in [4.78, 5) is 17.8. The molecular weight excluding hydrogens is 244 g/mol. The summed E-state index contributed by atoms with van der Waals surface area (Å²) in [5, 5.41) is 1.00. The van der Waals surface area contributed by atoms with E-state index in [9.17, 15) is 4.79 Å². The van der Waals surface area contributed by atoms with Crippen LogP contribution in [0.1, 0.15) is 46.4 Å². The molecule has 0 fully saturated rings. The highest BCUT2D eigenvalue weighted by atomic mass is 32.1. The van der Waals surface area contributed by atoms with Gasteiger partial charge in [-0.3, -0.25) is 9.36 Å². The van der Waals surface area contributed by atoms with E-state index in [-0.39, 0.29) is 5.78 Å². The molecule has 94 valence electrons. The highest BCUT2D eigenvalue weighted by molar-refractivity contribution is 7.14. The fraction of sp³-hybridized carbons (Fsp3) is 0.429. The van der Waals surface area contributed by atoms with Gasteiger partial charge in [0.1, 0.15) is 0 Å². The predicted octanol–water partition coefficient (Wildman–Crippen LogP) is 3.32. The molecule has 18 heavy (non-hydrogen) atoms. The van der Waals surface area contributed by atoms with E-state index in [1.54, 1.807) is 11.3 Å². The molecule has 0 unspecified atom stereocenters. The number of hydrogen-bond donors (Lipinski definition) is 0. The highest BCUT2D eigenvalue weighted by Gasteiger charge is 2.22. The fourth-order valence-electron chi connectivity index (χ4n) is 2.55. The number of ketones is 1. The number of carbonyl (C=O) groups is 1. The van der Waals surface area contributed by atoms with Crippen molar-refractivity contribution in [2.45, 2.75) is 39.5 Å². The Bertz CT molecular complexity index is 609. The topological polar surface area (TPSA) is 34.9 Å². The van der Waals surface area contributed by atoms with Crippen LogP contribution in [-0.2, 0) is 12.8 Å². The smallest absolute Gasteiger partial charge is 0.194 e. The van der Waals surface area contributed by atoms with Gasteiger partial charge in [-0.05, 0) is 32.3 Å². The van der Waals surface area contributed by atoms with Crippen molar-refractivity contribution in [1.82, 2.24) is 9.55 Å². The van der Waals surface area contributed by atoms with Crippen LogP contribution in [0.4, 0.5) is 0 Å². The van der Waals surface area contributed by atoms with E-state index in [0.29, 0.717) is 6.42 Å². The SMILES string of the molecule is CCc1nc(-n2ccc3c2CCCC3=O)sc1C. The molecule has 0 bridgehead atoms. The van der Waals surface area contributed by atoms with Gasteiger partial charge >= 0.3 is 0 Å². The number of hydrogen-bond acceptors (Lipinski definition) is 3. The molecule has 2 heterocycles. The maximum Gasteiger partial charge on any atom is 0.194 e. The third kappa shape index (κ3) is 1.72. The Kier molecular flexibility index (Phi) is 2.82. The van der Waals surface area contributed by atoms with Crippen LogP contribution >= 0.6 is 11.3 Å². The Balaban J connectivity index is 2.09. The van der Waals surface area contributed by atoms with Crippen LogP contribution in [0.5, 0.6) is 0 Å². The minimum atomic E-state index is 0.277. The molecule has 4 heteroatoms. The summed E-state index contributed by atoms with van der Waals surface area (Å²) in [7, 11) is 0. The Morgan fingerprint density at radius 2 is 2.28 bits per heavy atom. The van der Waals surface area contributed by atoms with Gasteiger partial charge in [-0.25, -0.2) is 4.98 Å². The Morgan fingerprint density at radius 1 is 1.44 bits per heavy atom. The molecule has 0 radical (unpaired) electrons. The lowest BCUT2D eigenvalue weighted by atomic mass is 9.97. The molecule has 3 rings (SSSR count). The summed E-state index contributed by atoms with van der Waals surface area (Å²) in [5.74, 6) is 0.277. The first-order valence-corrected chi connectivity index (χ1v) is 7.22. The number of aryl methyl sites for hydroxylation is 2. The van der Waals surface area contributed by atoms with Crippen molar-refractivity contribution in [3.63, 3.8) is 0 Å². The summed E-state index contributed by atoms with van der Waals surface area (Å²) in [5.41, 5.74) is 3.20. The van der Waals surface area contributed by atoms with Gasteiger partial charge < -0.3 is 0 Å². The molecular formula is C14H16N2OS. The Labute approximate surface area is 110 Å². The molecule has 0 saturated carbocycles. The van der Waals surface area contributed by atoms with Gasteiger partial charge in [0, 0.05) is 28.8 Å². The maximum absolute atomic E-state index is 11.8. The third-order valence-corrected chi connectivity index (χ3v) is 4.54. The van der Waals surface area contributed by atoms with Crippen LogP contribution in [-0.4, -0.2) is 15.3 Å². The van der Waals surface area contributed by atoms with Crippen LogP contribution in [0.15, 0.2) is 12.3 Å². The quantitative estimate of drug-likeness (QED) is 0.830. The van der Waals surface area contributed by atoms with E-state index in [0.717, 1.165) is 35.7 Å². The molecule has 0 N–H and O–H groups in total. The summed E-state index contributed by atoms with van der Waals surface area (Å²) >= 11 is 1.71. The standard InChI is InChI=1S/C14H16N2OS/c1-3-11-9(2)18-14(15-11)16-8-7-10-12(16)5-4-6-13(10)17/h7-8H,3-6H2,1-2H3. The molecule has 0 aliphatic heterocycles. The first kappa shape index (κ1) is 11.7. The number of Topliss-reactive ketones (excluding diaryl/α,β-unsaturated/α-hetero) is 1. The Hall–Kier alpha value is -1.42. The van der Waals surface area contributed by atoms with Crippen molar-refractivity contribution in [1.29, 1.82) is 0 Å². The largest absolute Gasteiger partial charge is 0.296 e. The number of aromatic nitrogens is 2. The number of nitrogens with zero attached hydrogens (tertiary/aromatic N) is 2. The molecule has 0 spiro atoms. The van der Waals surface area contributed by atoms with E-state index in [1.807, 2.05) is 12.3 Å². The second-order valence-electron chi connectivity index (χ2n) is 4.68. The van der Waals surface area contributed by atoms with Crippen LogP contribution in [0.3, 0.4) is 0 Å². The van der Waals surface area contributed by atoms with Crippen LogP contribution in [0, 0.1) is 6.92 Å². The lowest BCUT2D eigenvalue weighted by Gasteiger charge is -2.13. The first-order chi connectivity index (χ1) is 8.70. The second kappa shape index (κ2) is 4.35. The average Bonchev–Trinajstić information content (AvgIpc) is 2.93. The van der Waals surface area contributed by atoms with E-state index in [2.05, 4.69) is 23.4 Å². The van der Waals surface area contributed by atoms with Crippen molar-refractivity contribution in [3.8, 4) is 5.13 Å². The molecule has 1 aliphatic rings. The van der Waals surface area contributed by atoms with E-state index < -0.39 is 0 Å². The van der Waals surface area contributed by atoms with Gasteiger partial charge in [-0.15, -0.1) is 11.3 Å². The summed E-state index contributed by atoms with van der Waals surface area (Å²) in [6.07, 6.45) is 5.58. The number of thiazole rings is 1. The molecule has 3 nitrogen and oxygen atoms in total. The molecule has 0 saturated heterocycles. The monoisotopic (exact) mass is 260 g/mol.